The van der Waals surface area contributed by atoms with Crippen LogP contribution in [0.5, 0.6) is 5.75 Å². The molecule has 2 atom stereocenters. The molecule has 2 aliphatic rings. The smallest absolute Gasteiger partial charge is 0.257 e. The molecule has 32 heavy (non-hydrogen) atoms. The van der Waals surface area contributed by atoms with Crippen molar-refractivity contribution in [1.29, 1.82) is 0 Å². The molecule has 4 heteroatoms. The van der Waals surface area contributed by atoms with E-state index in [0.29, 0.717) is 12.5 Å². The van der Waals surface area contributed by atoms with Gasteiger partial charge >= 0.3 is 0 Å². The standard InChI is InChI=1S/C28H36FNO2/c1-4-8-19(2)22-11-13-23(14-12-22)20(3)30-17-24-15-16-25(27(29)26(24)28(30)31)32-18-21-9-6-5-7-10-21/h5-7,9-10,15-16,19-20,22-23H,4,8,11-14,17-18H2,1-3H3. The van der Waals surface area contributed by atoms with Crippen LogP contribution in [0.15, 0.2) is 42.5 Å². The second-order valence-electron chi connectivity index (χ2n) is 9.80. The number of carbonyl (C=O) groups is 1. The van der Waals surface area contributed by atoms with Crippen LogP contribution in [0.3, 0.4) is 0 Å². The number of halogens is 1. The van der Waals surface area contributed by atoms with E-state index in [-0.39, 0.29) is 29.9 Å². The van der Waals surface area contributed by atoms with Crippen LogP contribution in [0.25, 0.3) is 0 Å². The minimum atomic E-state index is -0.518. The first-order valence-electron chi connectivity index (χ1n) is 12.3. The molecule has 4 rings (SSSR count). The summed E-state index contributed by atoms with van der Waals surface area (Å²) in [5.74, 6) is 1.55. The Kier molecular flexibility index (Phi) is 7.17. The molecule has 0 bridgehead atoms. The molecule has 1 saturated carbocycles. The third-order valence-electron chi connectivity index (χ3n) is 7.78. The van der Waals surface area contributed by atoms with Gasteiger partial charge in [-0.3, -0.25) is 4.79 Å². The van der Waals surface area contributed by atoms with Gasteiger partial charge in [-0.15, -0.1) is 0 Å². The lowest BCUT2D eigenvalue weighted by Crippen LogP contribution is -2.40. The van der Waals surface area contributed by atoms with Gasteiger partial charge in [0.05, 0.1) is 5.56 Å². The second-order valence-corrected chi connectivity index (χ2v) is 9.80. The molecule has 3 nitrogen and oxygen atoms in total. The van der Waals surface area contributed by atoms with Crippen LogP contribution in [-0.4, -0.2) is 16.8 Å². The molecule has 0 aromatic heterocycles. The summed E-state index contributed by atoms with van der Waals surface area (Å²) >= 11 is 0. The van der Waals surface area contributed by atoms with E-state index in [1.54, 1.807) is 6.07 Å². The SMILES string of the molecule is CCCC(C)C1CCC(C(C)N2Cc3ccc(OCc4ccccc4)c(F)c3C2=O)CC1. The number of hydrogen-bond acceptors (Lipinski definition) is 2. The number of benzene rings is 2. The predicted molar refractivity (Wildman–Crippen MR) is 126 cm³/mol. The third kappa shape index (κ3) is 4.69. The van der Waals surface area contributed by atoms with Gasteiger partial charge in [0, 0.05) is 12.6 Å². The molecule has 2 aromatic carbocycles. The van der Waals surface area contributed by atoms with Crippen molar-refractivity contribution in [3.8, 4) is 5.75 Å². The minimum Gasteiger partial charge on any atom is -0.486 e. The van der Waals surface area contributed by atoms with Gasteiger partial charge in [0.15, 0.2) is 11.6 Å². The molecular weight excluding hydrogens is 401 g/mol. The first-order chi connectivity index (χ1) is 15.5. The maximum Gasteiger partial charge on any atom is 0.257 e. The van der Waals surface area contributed by atoms with Crippen molar-refractivity contribution < 1.29 is 13.9 Å². The average molecular weight is 438 g/mol. The normalized spacial score (nSPS) is 22.5. The summed E-state index contributed by atoms with van der Waals surface area (Å²) in [6.45, 7) is 7.58. The fourth-order valence-electron chi connectivity index (χ4n) is 5.68. The Balaban J connectivity index is 1.40. The largest absolute Gasteiger partial charge is 0.486 e. The molecule has 2 unspecified atom stereocenters. The summed E-state index contributed by atoms with van der Waals surface area (Å²) in [7, 11) is 0. The van der Waals surface area contributed by atoms with Gasteiger partial charge in [-0.2, -0.15) is 0 Å². The monoisotopic (exact) mass is 437 g/mol. The van der Waals surface area contributed by atoms with Crippen molar-refractivity contribution in [2.45, 2.75) is 78.5 Å². The zero-order chi connectivity index (χ0) is 22.7. The van der Waals surface area contributed by atoms with Crippen LogP contribution < -0.4 is 4.74 Å². The minimum absolute atomic E-state index is 0.130. The molecule has 2 aromatic rings. The zero-order valence-electron chi connectivity index (χ0n) is 19.6. The fraction of sp³-hybridized carbons (Fsp3) is 0.536. The Hall–Kier alpha value is -2.36. The molecule has 0 spiro atoms. The maximum absolute atomic E-state index is 15.2. The fourth-order valence-corrected chi connectivity index (χ4v) is 5.68. The third-order valence-corrected chi connectivity index (χ3v) is 7.78. The number of nitrogens with zero attached hydrogens (tertiary/aromatic N) is 1. The van der Waals surface area contributed by atoms with Crippen molar-refractivity contribution in [1.82, 2.24) is 4.90 Å². The first kappa shape index (κ1) is 22.8. The number of rotatable bonds is 8. The summed E-state index contributed by atoms with van der Waals surface area (Å²) in [5.41, 5.74) is 1.95. The Morgan fingerprint density at radius 3 is 2.41 bits per heavy atom. The summed E-state index contributed by atoms with van der Waals surface area (Å²) in [6, 6.07) is 13.3. The van der Waals surface area contributed by atoms with E-state index in [1.165, 1.54) is 25.7 Å². The van der Waals surface area contributed by atoms with Crippen LogP contribution in [0.4, 0.5) is 4.39 Å². The van der Waals surface area contributed by atoms with Crippen molar-refractivity contribution in [2.75, 3.05) is 0 Å². The topological polar surface area (TPSA) is 29.5 Å². The molecule has 1 aliphatic carbocycles. The molecule has 1 amide bonds. The van der Waals surface area contributed by atoms with Crippen molar-refractivity contribution >= 4 is 5.91 Å². The summed E-state index contributed by atoms with van der Waals surface area (Å²) in [4.78, 5) is 15.1. The lowest BCUT2D eigenvalue weighted by Gasteiger charge is -2.38. The maximum atomic E-state index is 15.2. The number of amides is 1. The van der Waals surface area contributed by atoms with Crippen LogP contribution in [0.2, 0.25) is 0 Å². The summed E-state index contributed by atoms with van der Waals surface area (Å²) in [6.07, 6.45) is 7.37. The average Bonchev–Trinajstić information content (AvgIpc) is 3.16. The quantitative estimate of drug-likeness (QED) is 0.445. The lowest BCUT2D eigenvalue weighted by molar-refractivity contribution is 0.0584. The Labute approximate surface area is 192 Å². The van der Waals surface area contributed by atoms with Gasteiger partial charge in [-0.05, 0) is 67.6 Å². The molecule has 1 heterocycles. The Morgan fingerprint density at radius 2 is 1.72 bits per heavy atom. The molecule has 1 fully saturated rings. The Morgan fingerprint density at radius 1 is 1.03 bits per heavy atom. The highest BCUT2D eigenvalue weighted by Gasteiger charge is 2.38. The van der Waals surface area contributed by atoms with E-state index in [2.05, 4.69) is 20.8 Å². The van der Waals surface area contributed by atoms with E-state index in [4.69, 9.17) is 4.74 Å². The van der Waals surface area contributed by atoms with Crippen LogP contribution >= 0.6 is 0 Å². The summed E-state index contributed by atoms with van der Waals surface area (Å²) in [5, 5.41) is 0. The molecule has 1 aliphatic heterocycles. The van der Waals surface area contributed by atoms with Crippen LogP contribution in [0.1, 0.15) is 80.8 Å². The highest BCUT2D eigenvalue weighted by atomic mass is 19.1. The molecule has 172 valence electrons. The lowest BCUT2D eigenvalue weighted by atomic mass is 9.73. The van der Waals surface area contributed by atoms with Crippen LogP contribution in [0, 0.1) is 23.6 Å². The number of carbonyl (C=O) groups excluding carboxylic acids is 1. The predicted octanol–water partition coefficient (Wildman–Crippen LogP) is 6.99. The van der Waals surface area contributed by atoms with Crippen molar-refractivity contribution in [2.24, 2.45) is 17.8 Å². The second kappa shape index (κ2) is 10.1. The van der Waals surface area contributed by atoms with E-state index in [9.17, 15) is 4.79 Å². The summed E-state index contributed by atoms with van der Waals surface area (Å²) < 4.78 is 21.0. The zero-order valence-corrected chi connectivity index (χ0v) is 19.6. The van der Waals surface area contributed by atoms with Crippen LogP contribution in [-0.2, 0) is 13.2 Å². The Bertz CT molecular complexity index is 921. The van der Waals surface area contributed by atoms with Gasteiger partial charge in [0.1, 0.15) is 6.61 Å². The number of hydrogen-bond donors (Lipinski definition) is 0. The van der Waals surface area contributed by atoms with Crippen molar-refractivity contribution in [3.63, 3.8) is 0 Å². The van der Waals surface area contributed by atoms with Gasteiger partial charge in [0.2, 0.25) is 0 Å². The molecular formula is C28H36FNO2. The number of fused-ring (bicyclic) bond motifs is 1. The highest BCUT2D eigenvalue weighted by molar-refractivity contribution is 5.99. The van der Waals surface area contributed by atoms with E-state index in [0.717, 1.165) is 35.8 Å². The van der Waals surface area contributed by atoms with Crippen molar-refractivity contribution in [3.05, 3.63) is 65.0 Å². The molecule has 0 N–H and O–H groups in total. The first-order valence-corrected chi connectivity index (χ1v) is 12.3. The van der Waals surface area contributed by atoms with E-state index < -0.39 is 5.82 Å². The van der Waals surface area contributed by atoms with E-state index >= 15 is 4.39 Å². The van der Waals surface area contributed by atoms with Gasteiger partial charge in [0.25, 0.3) is 5.91 Å². The molecule has 0 saturated heterocycles. The van der Waals surface area contributed by atoms with Gasteiger partial charge < -0.3 is 9.64 Å². The van der Waals surface area contributed by atoms with Gasteiger partial charge in [-0.1, -0.05) is 63.1 Å². The van der Waals surface area contributed by atoms with Gasteiger partial charge in [-0.25, -0.2) is 4.39 Å². The molecule has 0 radical (unpaired) electrons. The highest BCUT2D eigenvalue weighted by Crippen LogP contribution is 2.40. The van der Waals surface area contributed by atoms with E-state index in [1.807, 2.05) is 41.3 Å². The number of ether oxygens (including phenoxy) is 1.